The lowest BCUT2D eigenvalue weighted by molar-refractivity contribution is -0.119. The number of nitrogens with zero attached hydrogens (tertiary/aromatic N) is 1. The molecule has 0 saturated carbocycles. The third kappa shape index (κ3) is 5.48. The number of rotatable bonds is 6. The van der Waals surface area contributed by atoms with Crippen molar-refractivity contribution in [2.75, 3.05) is 11.9 Å². The normalized spacial score (nSPS) is 10.4. The predicted molar refractivity (Wildman–Crippen MR) is 110 cm³/mol. The fraction of sp³-hybridized carbons (Fsp3) is 0.0500. The molecule has 3 rings (SSSR count). The van der Waals surface area contributed by atoms with Crippen molar-refractivity contribution in [3.8, 4) is 0 Å². The van der Waals surface area contributed by atoms with E-state index in [0.717, 1.165) is 9.79 Å². The molecule has 1 aromatic heterocycles. The summed E-state index contributed by atoms with van der Waals surface area (Å²) in [6.07, 6.45) is 1.46. The van der Waals surface area contributed by atoms with Crippen LogP contribution >= 0.6 is 35.0 Å². The van der Waals surface area contributed by atoms with Crippen LogP contribution in [0.2, 0.25) is 10.2 Å². The van der Waals surface area contributed by atoms with Crippen LogP contribution in [-0.2, 0) is 9.53 Å². The van der Waals surface area contributed by atoms with Gasteiger partial charge in [-0.1, -0.05) is 47.1 Å². The Balaban J connectivity index is 1.62. The number of esters is 1. The second kappa shape index (κ2) is 9.59. The van der Waals surface area contributed by atoms with Crippen LogP contribution in [0.15, 0.2) is 76.7 Å². The van der Waals surface area contributed by atoms with Crippen LogP contribution < -0.4 is 5.32 Å². The highest BCUT2D eigenvalue weighted by Crippen LogP contribution is 2.33. The van der Waals surface area contributed by atoms with Crippen molar-refractivity contribution in [1.29, 1.82) is 0 Å². The second-order valence-electron chi connectivity index (χ2n) is 5.52. The van der Waals surface area contributed by atoms with E-state index in [4.69, 9.17) is 27.9 Å². The van der Waals surface area contributed by atoms with Crippen LogP contribution in [0, 0.1) is 0 Å². The Morgan fingerprint density at radius 3 is 2.50 bits per heavy atom. The SMILES string of the molecule is O=C(COC(=O)c1cccnc1Cl)Nc1ccccc1Sc1ccc(Cl)cc1. The first-order valence-electron chi connectivity index (χ1n) is 8.13. The molecule has 0 aliphatic rings. The van der Waals surface area contributed by atoms with Crippen LogP contribution in [0.4, 0.5) is 5.69 Å². The summed E-state index contributed by atoms with van der Waals surface area (Å²) in [5, 5.41) is 3.43. The van der Waals surface area contributed by atoms with E-state index < -0.39 is 18.5 Å². The van der Waals surface area contributed by atoms with Crippen LogP contribution in [-0.4, -0.2) is 23.5 Å². The highest BCUT2D eigenvalue weighted by molar-refractivity contribution is 7.99. The molecule has 2 aromatic carbocycles. The standard InChI is InChI=1S/C20H14Cl2N2O3S/c21-13-7-9-14(10-8-13)28-17-6-2-1-5-16(17)24-18(25)12-27-20(26)15-4-3-11-23-19(15)22/h1-11H,12H2,(H,24,25). The summed E-state index contributed by atoms with van der Waals surface area (Å²) >= 11 is 13.2. The van der Waals surface area contributed by atoms with E-state index in [-0.39, 0.29) is 10.7 Å². The fourth-order valence-corrected chi connectivity index (χ4v) is 3.45. The lowest BCUT2D eigenvalue weighted by Crippen LogP contribution is -2.21. The first kappa shape index (κ1) is 20.2. The van der Waals surface area contributed by atoms with Crippen LogP contribution in [0.5, 0.6) is 0 Å². The van der Waals surface area contributed by atoms with Gasteiger partial charge >= 0.3 is 5.97 Å². The van der Waals surface area contributed by atoms with Crippen molar-refractivity contribution in [3.05, 3.63) is 82.6 Å². The molecule has 0 aliphatic heterocycles. The van der Waals surface area contributed by atoms with Gasteiger partial charge in [-0.3, -0.25) is 4.79 Å². The number of nitrogens with one attached hydrogen (secondary N) is 1. The number of aromatic nitrogens is 1. The zero-order valence-corrected chi connectivity index (χ0v) is 16.7. The largest absolute Gasteiger partial charge is 0.452 e. The van der Waals surface area contributed by atoms with Gasteiger partial charge in [-0.2, -0.15) is 0 Å². The van der Waals surface area contributed by atoms with E-state index in [0.29, 0.717) is 10.7 Å². The Bertz CT molecular complexity index is 997. The minimum atomic E-state index is -0.711. The van der Waals surface area contributed by atoms with E-state index in [2.05, 4.69) is 10.3 Å². The third-order valence-corrected chi connectivity index (χ3v) is 5.15. The molecule has 5 nitrogen and oxygen atoms in total. The average Bonchev–Trinajstić information content (AvgIpc) is 2.70. The molecule has 1 N–H and O–H groups in total. The predicted octanol–water partition coefficient (Wildman–Crippen LogP) is 5.34. The maximum absolute atomic E-state index is 12.2. The molecule has 1 heterocycles. The van der Waals surface area contributed by atoms with E-state index >= 15 is 0 Å². The lowest BCUT2D eigenvalue weighted by atomic mass is 10.3. The number of halogens is 2. The first-order chi connectivity index (χ1) is 13.5. The quantitative estimate of drug-likeness (QED) is 0.420. The molecule has 3 aromatic rings. The molecule has 0 aliphatic carbocycles. The average molecular weight is 433 g/mol. The van der Waals surface area contributed by atoms with Gasteiger partial charge in [-0.25, -0.2) is 9.78 Å². The molecule has 0 radical (unpaired) electrons. The van der Waals surface area contributed by atoms with Crippen molar-refractivity contribution in [1.82, 2.24) is 4.98 Å². The molecule has 0 fully saturated rings. The van der Waals surface area contributed by atoms with Gasteiger partial charge in [0.2, 0.25) is 0 Å². The summed E-state index contributed by atoms with van der Waals surface area (Å²) < 4.78 is 5.02. The Morgan fingerprint density at radius 2 is 1.75 bits per heavy atom. The number of pyridine rings is 1. The second-order valence-corrected chi connectivity index (χ2v) is 7.43. The Labute approximate surface area is 176 Å². The Hall–Kier alpha value is -2.54. The lowest BCUT2D eigenvalue weighted by Gasteiger charge is -2.11. The van der Waals surface area contributed by atoms with Gasteiger partial charge in [-0.05, 0) is 48.5 Å². The van der Waals surface area contributed by atoms with E-state index in [1.165, 1.54) is 24.0 Å². The zero-order chi connectivity index (χ0) is 19.9. The summed E-state index contributed by atoms with van der Waals surface area (Å²) in [6, 6.07) is 17.8. The van der Waals surface area contributed by atoms with Crippen molar-refractivity contribution >= 4 is 52.5 Å². The first-order valence-corrected chi connectivity index (χ1v) is 9.70. The number of para-hydroxylation sites is 1. The summed E-state index contributed by atoms with van der Waals surface area (Å²) in [6.45, 7) is -0.440. The monoisotopic (exact) mass is 432 g/mol. The Kier molecular flexibility index (Phi) is 6.92. The van der Waals surface area contributed by atoms with Gasteiger partial charge in [0.05, 0.1) is 11.3 Å². The molecule has 0 bridgehead atoms. The maximum Gasteiger partial charge on any atom is 0.341 e. The number of amides is 1. The van der Waals surface area contributed by atoms with Gasteiger partial charge in [0, 0.05) is 21.0 Å². The van der Waals surface area contributed by atoms with Gasteiger partial charge in [0.1, 0.15) is 5.15 Å². The molecule has 28 heavy (non-hydrogen) atoms. The summed E-state index contributed by atoms with van der Waals surface area (Å²) in [5.74, 6) is -1.17. The highest BCUT2D eigenvalue weighted by Gasteiger charge is 2.15. The number of ether oxygens (including phenoxy) is 1. The van der Waals surface area contributed by atoms with Crippen molar-refractivity contribution in [2.45, 2.75) is 9.79 Å². The number of carbonyl (C=O) groups excluding carboxylic acids is 2. The topological polar surface area (TPSA) is 68.3 Å². The fourth-order valence-electron chi connectivity index (χ4n) is 2.22. The number of hydrogen-bond acceptors (Lipinski definition) is 5. The molecular weight excluding hydrogens is 419 g/mol. The molecule has 8 heteroatoms. The van der Waals surface area contributed by atoms with Gasteiger partial charge < -0.3 is 10.1 Å². The van der Waals surface area contributed by atoms with Gasteiger partial charge in [0.25, 0.3) is 5.91 Å². The van der Waals surface area contributed by atoms with Gasteiger partial charge in [-0.15, -0.1) is 0 Å². The molecule has 142 valence electrons. The number of anilines is 1. The zero-order valence-electron chi connectivity index (χ0n) is 14.4. The number of carbonyl (C=O) groups is 2. The molecule has 1 amide bonds. The Morgan fingerprint density at radius 1 is 1.00 bits per heavy atom. The number of benzene rings is 2. The van der Waals surface area contributed by atoms with Crippen LogP contribution in [0.25, 0.3) is 0 Å². The van der Waals surface area contributed by atoms with Crippen LogP contribution in [0.1, 0.15) is 10.4 Å². The van der Waals surface area contributed by atoms with Crippen LogP contribution in [0.3, 0.4) is 0 Å². The maximum atomic E-state index is 12.2. The van der Waals surface area contributed by atoms with Gasteiger partial charge in [0.15, 0.2) is 6.61 Å². The van der Waals surface area contributed by atoms with E-state index in [1.54, 1.807) is 24.3 Å². The number of hydrogen-bond donors (Lipinski definition) is 1. The summed E-state index contributed by atoms with van der Waals surface area (Å²) in [4.78, 5) is 29.9. The molecular formula is C20H14Cl2N2O3S. The van der Waals surface area contributed by atoms with Crippen molar-refractivity contribution < 1.29 is 14.3 Å². The molecule has 0 unspecified atom stereocenters. The highest BCUT2D eigenvalue weighted by atomic mass is 35.5. The third-order valence-electron chi connectivity index (χ3n) is 3.52. The molecule has 0 spiro atoms. The van der Waals surface area contributed by atoms with Crippen molar-refractivity contribution in [2.24, 2.45) is 0 Å². The molecule has 0 atom stereocenters. The van der Waals surface area contributed by atoms with E-state index in [1.807, 2.05) is 30.3 Å². The summed E-state index contributed by atoms with van der Waals surface area (Å²) in [5.41, 5.74) is 0.721. The minimum absolute atomic E-state index is 0.0256. The smallest absolute Gasteiger partial charge is 0.341 e. The molecule has 0 saturated heterocycles. The minimum Gasteiger partial charge on any atom is -0.452 e. The summed E-state index contributed by atoms with van der Waals surface area (Å²) in [7, 11) is 0. The van der Waals surface area contributed by atoms with E-state index in [9.17, 15) is 9.59 Å². The van der Waals surface area contributed by atoms with Crippen molar-refractivity contribution in [3.63, 3.8) is 0 Å².